The first-order valence-corrected chi connectivity index (χ1v) is 3.89. The number of hydrogen-bond acceptors (Lipinski definition) is 0. The molecule has 0 unspecified atom stereocenters. The van der Waals surface area contributed by atoms with E-state index in [-0.39, 0.29) is 0 Å². The Hall–Kier alpha value is 0.980. The van der Waals surface area contributed by atoms with Crippen LogP contribution in [0.15, 0.2) is 19.2 Å². The summed E-state index contributed by atoms with van der Waals surface area (Å²) < 4.78 is 2.23. The summed E-state index contributed by atoms with van der Waals surface area (Å²) >= 11 is 11.0. The molecule has 0 aromatic carbocycles. The third-order valence-electron chi connectivity index (χ3n) is 0.673. The van der Waals surface area contributed by atoms with Crippen LogP contribution in [0.3, 0.4) is 0 Å². The molecule has 1 aliphatic rings. The largest absolute Gasteiger partial charge is 0.0831 e. The predicted octanol–water partition coefficient (Wildman–Crippen LogP) is 3.16. The lowest BCUT2D eigenvalue weighted by molar-refractivity contribution is 1.69. The van der Waals surface area contributed by atoms with Crippen molar-refractivity contribution in [1.29, 1.82) is 0 Å². The van der Waals surface area contributed by atoms with Crippen molar-refractivity contribution in [3.05, 3.63) is 19.2 Å². The highest BCUT2D eigenvalue weighted by Gasteiger charge is 2.11. The first kappa shape index (κ1) is 6.11. The van der Waals surface area contributed by atoms with Crippen molar-refractivity contribution >= 4 is 50.1 Å². The number of rotatable bonds is 0. The normalized spacial score (nSPS) is 19.0. The van der Waals surface area contributed by atoms with Gasteiger partial charge in [0.15, 0.2) is 0 Å². The Morgan fingerprint density at radius 3 is 2.29 bits per heavy atom. The molecule has 0 heterocycles. The molecule has 38 valence electrons. The average molecular weight is 291 g/mol. The van der Waals surface area contributed by atoms with Crippen LogP contribution >= 0.6 is 50.1 Å². The van der Waals surface area contributed by atoms with Crippen LogP contribution in [0.4, 0.5) is 0 Å². The fraction of sp³-hybridized carbons (Fsp3) is 0. The maximum Gasteiger partial charge on any atom is 0.0562 e. The first-order valence-electron chi connectivity index (χ1n) is 1.64. The summed E-state index contributed by atoms with van der Waals surface area (Å²) in [7, 11) is 0. The van der Waals surface area contributed by atoms with Gasteiger partial charge in [-0.3, -0.25) is 0 Å². The van der Waals surface area contributed by atoms with Crippen molar-refractivity contribution < 1.29 is 0 Å². The Labute approximate surface area is 68.9 Å². The van der Waals surface area contributed by atoms with Gasteiger partial charge in [-0.25, -0.2) is 0 Å². The minimum atomic E-state index is 0.854. The Morgan fingerprint density at radius 1 is 1.71 bits per heavy atom. The molecule has 1 rings (SSSR count). The van der Waals surface area contributed by atoms with Crippen molar-refractivity contribution in [3.63, 3.8) is 0 Å². The Morgan fingerprint density at radius 2 is 2.29 bits per heavy atom. The zero-order valence-electron chi connectivity index (χ0n) is 3.21. The highest BCUT2D eigenvalue weighted by Crippen LogP contribution is 2.38. The lowest BCUT2D eigenvalue weighted by atomic mass is 10.3. The van der Waals surface area contributed by atoms with Gasteiger partial charge in [0.1, 0.15) is 0 Å². The molecule has 7 heavy (non-hydrogen) atoms. The van der Waals surface area contributed by atoms with Crippen LogP contribution in [-0.2, 0) is 0 Å². The second-order valence-corrected chi connectivity index (χ2v) is 3.49. The summed E-state index contributed by atoms with van der Waals surface area (Å²) in [6.45, 7) is 0. The van der Waals surface area contributed by atoms with Crippen molar-refractivity contribution in [3.8, 4) is 0 Å². The van der Waals surface area contributed by atoms with E-state index in [1.54, 1.807) is 0 Å². The van der Waals surface area contributed by atoms with Crippen LogP contribution in [0.5, 0.6) is 0 Å². The first-order chi connectivity index (χ1) is 3.22. The molecule has 0 bridgehead atoms. The van der Waals surface area contributed by atoms with Gasteiger partial charge in [-0.1, -0.05) is 11.6 Å². The molecule has 0 fully saturated rings. The topological polar surface area (TPSA) is 0 Å². The molecular weight excluding hydrogens is 290 g/mol. The van der Waals surface area contributed by atoms with Gasteiger partial charge >= 0.3 is 0 Å². The zero-order chi connectivity index (χ0) is 5.44. The lowest BCUT2D eigenvalue weighted by Crippen LogP contribution is -1.85. The summed E-state index contributed by atoms with van der Waals surface area (Å²) in [5.74, 6) is 0. The van der Waals surface area contributed by atoms with E-state index in [2.05, 4.69) is 38.5 Å². The van der Waals surface area contributed by atoms with Crippen molar-refractivity contribution in [2.45, 2.75) is 0 Å². The van der Waals surface area contributed by atoms with Gasteiger partial charge in [0, 0.05) is 8.06 Å². The Balaban J connectivity index is 2.73. The van der Waals surface area contributed by atoms with Gasteiger partial charge in [0.2, 0.25) is 0 Å². The molecule has 1 aliphatic carbocycles. The summed E-state index contributed by atoms with van der Waals surface area (Å²) in [4.78, 5) is 0. The van der Waals surface area contributed by atoms with Gasteiger partial charge in [-0.05, 0) is 44.6 Å². The zero-order valence-corrected chi connectivity index (χ0v) is 7.71. The average Bonchev–Trinajstić information content (AvgIpc) is 1.68. The highest BCUT2D eigenvalue weighted by atomic mass is 127. The monoisotopic (exact) mass is 290 g/mol. The standard InChI is InChI=1S/C4HBrClI/c5-2-1-3(6)4(2)7/h1H. The van der Waals surface area contributed by atoms with Crippen LogP contribution in [-0.4, -0.2) is 0 Å². The van der Waals surface area contributed by atoms with E-state index in [1.165, 1.54) is 0 Å². The summed E-state index contributed by atoms with van der Waals surface area (Å²) in [5, 5.41) is 0.854. The minimum absolute atomic E-state index is 0.854. The van der Waals surface area contributed by atoms with Crippen LogP contribution in [0, 0.1) is 0 Å². The van der Waals surface area contributed by atoms with Crippen LogP contribution in [0.1, 0.15) is 0 Å². The lowest BCUT2D eigenvalue weighted by Gasteiger charge is -2.07. The summed E-state index contributed by atoms with van der Waals surface area (Å²) in [6, 6.07) is 0. The van der Waals surface area contributed by atoms with Crippen molar-refractivity contribution in [2.24, 2.45) is 0 Å². The molecule has 0 radical (unpaired) electrons. The molecule has 0 nitrogen and oxygen atoms in total. The van der Waals surface area contributed by atoms with Gasteiger partial charge < -0.3 is 0 Å². The molecule has 0 spiro atoms. The minimum Gasteiger partial charge on any atom is -0.0831 e. The smallest absolute Gasteiger partial charge is 0.0562 e. The predicted molar refractivity (Wildman–Crippen MR) is 43.9 cm³/mol. The summed E-state index contributed by atoms with van der Waals surface area (Å²) in [6.07, 6.45) is 1.88. The molecular formula is C4HBrClI. The molecule has 0 saturated carbocycles. The summed E-state index contributed by atoms with van der Waals surface area (Å²) in [5.41, 5.74) is 0. The van der Waals surface area contributed by atoms with E-state index in [9.17, 15) is 0 Å². The van der Waals surface area contributed by atoms with Gasteiger partial charge in [-0.2, -0.15) is 0 Å². The van der Waals surface area contributed by atoms with E-state index < -0.39 is 0 Å². The maximum absolute atomic E-state index is 5.56. The third-order valence-corrected chi connectivity index (χ3v) is 3.82. The van der Waals surface area contributed by atoms with E-state index in [4.69, 9.17) is 11.6 Å². The van der Waals surface area contributed by atoms with E-state index in [0.717, 1.165) is 13.1 Å². The SMILES string of the molecule is ClC1=C(I)C(Br)=C1. The molecule has 0 atom stereocenters. The molecule has 0 N–H and O–H groups in total. The quantitative estimate of drug-likeness (QED) is 0.601. The second-order valence-electron chi connectivity index (χ2n) is 1.15. The van der Waals surface area contributed by atoms with Gasteiger partial charge in [0.05, 0.1) is 5.03 Å². The van der Waals surface area contributed by atoms with Gasteiger partial charge in [-0.15, -0.1) is 0 Å². The number of allylic oxidation sites excluding steroid dienone is 4. The second kappa shape index (κ2) is 2.07. The van der Waals surface area contributed by atoms with Crippen LogP contribution in [0.2, 0.25) is 0 Å². The molecule has 0 saturated heterocycles. The number of halogens is 3. The molecule has 0 amide bonds. The van der Waals surface area contributed by atoms with Crippen LogP contribution in [0.25, 0.3) is 0 Å². The molecule has 0 aromatic heterocycles. The van der Waals surface area contributed by atoms with E-state index >= 15 is 0 Å². The van der Waals surface area contributed by atoms with Gasteiger partial charge in [0.25, 0.3) is 0 Å². The van der Waals surface area contributed by atoms with E-state index in [0.29, 0.717) is 0 Å². The van der Waals surface area contributed by atoms with E-state index in [1.807, 2.05) is 6.08 Å². The molecule has 0 aromatic rings. The van der Waals surface area contributed by atoms with Crippen molar-refractivity contribution in [1.82, 2.24) is 0 Å². The fourth-order valence-electron chi connectivity index (χ4n) is 0.274. The molecule has 3 heteroatoms. The third kappa shape index (κ3) is 1.03. The van der Waals surface area contributed by atoms with Crippen LogP contribution < -0.4 is 0 Å². The number of hydrogen-bond donors (Lipinski definition) is 0. The molecule has 0 aliphatic heterocycles. The highest BCUT2D eigenvalue weighted by molar-refractivity contribution is 14.1. The fourth-order valence-corrected chi connectivity index (χ4v) is 1.49. The van der Waals surface area contributed by atoms with Crippen molar-refractivity contribution in [2.75, 3.05) is 0 Å². The Bertz CT molecular complexity index is 159. The maximum atomic E-state index is 5.56. The Kier molecular flexibility index (Phi) is 1.81.